The van der Waals surface area contributed by atoms with Gasteiger partial charge >= 0.3 is 0 Å². The van der Waals surface area contributed by atoms with Crippen molar-refractivity contribution in [3.8, 4) is 11.5 Å². The molecule has 0 spiro atoms. The summed E-state index contributed by atoms with van der Waals surface area (Å²) in [5.74, 6) is 3.30. The van der Waals surface area contributed by atoms with Gasteiger partial charge in [-0.3, -0.25) is 4.99 Å². The summed E-state index contributed by atoms with van der Waals surface area (Å²) < 4.78 is 11.4. The third-order valence-corrected chi connectivity index (χ3v) is 5.30. The van der Waals surface area contributed by atoms with Gasteiger partial charge < -0.3 is 25.0 Å². The van der Waals surface area contributed by atoms with Crippen LogP contribution in [0.25, 0.3) is 0 Å². The third-order valence-electron chi connectivity index (χ3n) is 5.30. The van der Waals surface area contributed by atoms with Crippen LogP contribution in [0, 0.1) is 5.92 Å². The number of unbranched alkanes of at least 4 members (excludes halogenated alkanes) is 1. The van der Waals surface area contributed by atoms with E-state index in [2.05, 4.69) is 27.4 Å². The van der Waals surface area contributed by atoms with Crippen LogP contribution in [0.4, 0.5) is 5.69 Å². The zero-order valence-corrected chi connectivity index (χ0v) is 19.5. The Kier molecular flexibility index (Phi) is 10.2. The number of likely N-dealkylation sites (tertiary alicyclic amines) is 1. The molecule has 0 aromatic heterocycles. The smallest absolute Gasteiger partial charge is 0.195 e. The Morgan fingerprint density at radius 1 is 1.14 bits per heavy atom. The summed E-state index contributed by atoms with van der Waals surface area (Å²) in [5, 5.41) is 6.74. The third kappa shape index (κ3) is 7.31. The number of fused-ring (bicyclic) bond motifs is 1. The van der Waals surface area contributed by atoms with Gasteiger partial charge in [0.25, 0.3) is 0 Å². The Morgan fingerprint density at radius 3 is 2.64 bits per heavy atom. The molecule has 2 heterocycles. The van der Waals surface area contributed by atoms with Crippen molar-refractivity contribution in [3.63, 3.8) is 0 Å². The maximum absolute atomic E-state index is 5.75. The summed E-state index contributed by atoms with van der Waals surface area (Å²) in [6.45, 7) is 8.43. The molecular weight excluding hydrogens is 467 g/mol. The predicted molar refractivity (Wildman–Crippen MR) is 127 cm³/mol. The largest absolute Gasteiger partial charge is 0.490 e. The summed E-state index contributed by atoms with van der Waals surface area (Å²) in [7, 11) is 1.80. The number of guanidine groups is 1. The van der Waals surface area contributed by atoms with Gasteiger partial charge in [-0.15, -0.1) is 24.0 Å². The highest BCUT2D eigenvalue weighted by Crippen LogP contribution is 2.32. The van der Waals surface area contributed by atoms with Crippen LogP contribution in [0.3, 0.4) is 0 Å². The summed E-state index contributed by atoms with van der Waals surface area (Å²) in [4.78, 5) is 6.92. The van der Waals surface area contributed by atoms with Crippen LogP contribution >= 0.6 is 24.0 Å². The molecule has 28 heavy (non-hydrogen) atoms. The van der Waals surface area contributed by atoms with Gasteiger partial charge in [0.1, 0.15) is 0 Å². The van der Waals surface area contributed by atoms with Crippen LogP contribution in [0.2, 0.25) is 0 Å². The molecule has 1 aromatic rings. The van der Waals surface area contributed by atoms with E-state index in [4.69, 9.17) is 9.47 Å². The SMILES string of the molecule is CN=C(NCCCCN1CCC(C)CC1)Nc1ccc2c(c1)OCCCO2.I. The molecule has 0 unspecified atom stereocenters. The average Bonchev–Trinajstić information content (AvgIpc) is 2.93. The van der Waals surface area contributed by atoms with Crippen LogP contribution in [0.15, 0.2) is 23.2 Å². The number of rotatable bonds is 6. The molecule has 6 nitrogen and oxygen atoms in total. The van der Waals surface area contributed by atoms with E-state index in [-0.39, 0.29) is 24.0 Å². The molecule has 158 valence electrons. The molecule has 0 radical (unpaired) electrons. The lowest BCUT2D eigenvalue weighted by molar-refractivity contribution is 0.189. The minimum Gasteiger partial charge on any atom is -0.490 e. The van der Waals surface area contributed by atoms with E-state index in [1.54, 1.807) is 7.05 Å². The number of aliphatic imine (C=N–C) groups is 1. The molecule has 2 aliphatic heterocycles. The Labute approximate surface area is 186 Å². The maximum Gasteiger partial charge on any atom is 0.195 e. The van der Waals surface area contributed by atoms with Crippen LogP contribution in [0.1, 0.15) is 39.0 Å². The summed E-state index contributed by atoms with van der Waals surface area (Å²) in [6.07, 6.45) is 5.99. The number of hydrogen-bond donors (Lipinski definition) is 2. The molecule has 0 bridgehead atoms. The molecule has 0 amide bonds. The molecule has 0 saturated carbocycles. The van der Waals surface area contributed by atoms with Crippen molar-refractivity contribution < 1.29 is 9.47 Å². The molecule has 1 saturated heterocycles. The van der Waals surface area contributed by atoms with Crippen molar-refractivity contribution in [3.05, 3.63) is 18.2 Å². The van der Waals surface area contributed by atoms with Crippen molar-refractivity contribution in [1.82, 2.24) is 10.2 Å². The van der Waals surface area contributed by atoms with E-state index in [9.17, 15) is 0 Å². The van der Waals surface area contributed by atoms with Crippen LogP contribution in [0.5, 0.6) is 11.5 Å². The molecule has 3 rings (SSSR count). The van der Waals surface area contributed by atoms with E-state index in [0.29, 0.717) is 13.2 Å². The first-order chi connectivity index (χ1) is 13.2. The molecule has 1 aromatic carbocycles. The number of benzene rings is 1. The number of anilines is 1. The Morgan fingerprint density at radius 2 is 1.89 bits per heavy atom. The Bertz CT molecular complexity index is 618. The topological polar surface area (TPSA) is 58.1 Å². The number of piperidine rings is 1. The molecule has 1 fully saturated rings. The van der Waals surface area contributed by atoms with Crippen molar-refractivity contribution in [1.29, 1.82) is 0 Å². The molecule has 2 aliphatic rings. The van der Waals surface area contributed by atoms with E-state index in [0.717, 1.165) is 48.5 Å². The second kappa shape index (κ2) is 12.4. The second-order valence-corrected chi connectivity index (χ2v) is 7.57. The summed E-state index contributed by atoms with van der Waals surface area (Å²) in [5.41, 5.74) is 0.954. The van der Waals surface area contributed by atoms with Crippen molar-refractivity contribution in [2.24, 2.45) is 10.9 Å². The van der Waals surface area contributed by atoms with Gasteiger partial charge in [-0.1, -0.05) is 6.92 Å². The monoisotopic (exact) mass is 502 g/mol. The molecule has 7 heteroatoms. The van der Waals surface area contributed by atoms with Crippen LogP contribution in [-0.4, -0.2) is 57.3 Å². The minimum atomic E-state index is 0. The van der Waals surface area contributed by atoms with Gasteiger partial charge in [0.05, 0.1) is 13.2 Å². The number of nitrogens with zero attached hydrogens (tertiary/aromatic N) is 2. The molecule has 2 N–H and O–H groups in total. The minimum absolute atomic E-state index is 0. The Balaban J connectivity index is 0.00000280. The van der Waals surface area contributed by atoms with Crippen molar-refractivity contribution >= 4 is 35.6 Å². The van der Waals surface area contributed by atoms with E-state index in [1.165, 1.54) is 38.9 Å². The number of nitrogens with one attached hydrogen (secondary N) is 2. The molecule has 0 atom stereocenters. The van der Waals surface area contributed by atoms with E-state index in [1.807, 2.05) is 18.2 Å². The maximum atomic E-state index is 5.75. The average molecular weight is 502 g/mol. The highest BCUT2D eigenvalue weighted by atomic mass is 127. The Hall–Kier alpha value is -1.22. The zero-order valence-electron chi connectivity index (χ0n) is 17.2. The first-order valence-electron chi connectivity index (χ1n) is 10.3. The van der Waals surface area contributed by atoms with Crippen LogP contribution in [-0.2, 0) is 0 Å². The highest BCUT2D eigenvalue weighted by molar-refractivity contribution is 14.0. The van der Waals surface area contributed by atoms with Gasteiger partial charge in [0.2, 0.25) is 0 Å². The number of halogens is 1. The van der Waals surface area contributed by atoms with Gasteiger partial charge in [-0.05, 0) is 63.4 Å². The van der Waals surface area contributed by atoms with Crippen molar-refractivity contribution in [2.75, 3.05) is 51.8 Å². The first kappa shape index (κ1) is 23.1. The predicted octanol–water partition coefficient (Wildman–Crippen LogP) is 3.97. The number of hydrogen-bond acceptors (Lipinski definition) is 4. The first-order valence-corrected chi connectivity index (χ1v) is 10.3. The van der Waals surface area contributed by atoms with E-state index < -0.39 is 0 Å². The van der Waals surface area contributed by atoms with Gasteiger partial charge in [-0.2, -0.15) is 0 Å². The standard InChI is InChI=1S/C21H34N4O2.HI/c1-17-8-12-25(13-9-17)11-4-3-10-23-21(22-2)24-18-6-7-19-20(16-18)27-15-5-14-26-19;/h6-7,16-17H,3-5,8-15H2,1-2H3,(H2,22,23,24);1H. The number of ether oxygens (including phenoxy) is 2. The lowest BCUT2D eigenvalue weighted by Crippen LogP contribution is -2.34. The fraction of sp³-hybridized carbons (Fsp3) is 0.667. The normalized spacial score (nSPS) is 18.1. The second-order valence-electron chi connectivity index (χ2n) is 7.57. The summed E-state index contributed by atoms with van der Waals surface area (Å²) in [6, 6.07) is 5.93. The molecule has 0 aliphatic carbocycles. The van der Waals surface area contributed by atoms with Crippen molar-refractivity contribution in [2.45, 2.75) is 39.0 Å². The van der Waals surface area contributed by atoms with Gasteiger partial charge in [0.15, 0.2) is 17.5 Å². The fourth-order valence-electron chi connectivity index (χ4n) is 3.51. The fourth-order valence-corrected chi connectivity index (χ4v) is 3.51. The van der Waals surface area contributed by atoms with Crippen LogP contribution < -0.4 is 20.1 Å². The van der Waals surface area contributed by atoms with Gasteiger partial charge in [0, 0.05) is 31.8 Å². The zero-order chi connectivity index (χ0) is 18.9. The molecular formula is C21H35IN4O2. The summed E-state index contributed by atoms with van der Waals surface area (Å²) >= 11 is 0. The lowest BCUT2D eigenvalue weighted by Gasteiger charge is -2.30. The quantitative estimate of drug-likeness (QED) is 0.267. The highest BCUT2D eigenvalue weighted by Gasteiger charge is 2.15. The van der Waals surface area contributed by atoms with Gasteiger partial charge in [-0.25, -0.2) is 0 Å². The van der Waals surface area contributed by atoms with E-state index >= 15 is 0 Å². The lowest BCUT2D eigenvalue weighted by atomic mass is 9.99.